The first-order valence-corrected chi connectivity index (χ1v) is 8.61. The lowest BCUT2D eigenvalue weighted by atomic mass is 10.3. The van der Waals surface area contributed by atoms with Crippen LogP contribution in [0.1, 0.15) is 16.1 Å². The molecule has 0 fully saturated rings. The van der Waals surface area contributed by atoms with E-state index in [4.69, 9.17) is 10.5 Å². The van der Waals surface area contributed by atoms with Gasteiger partial charge >= 0.3 is 0 Å². The average molecular weight is 321 g/mol. The number of carbonyl (C=O) groups excluding carboxylic acids is 1. The van der Waals surface area contributed by atoms with E-state index in [-0.39, 0.29) is 15.5 Å². The molecule has 1 heterocycles. The van der Waals surface area contributed by atoms with Crippen LogP contribution in [0.25, 0.3) is 0 Å². The second kappa shape index (κ2) is 6.91. The molecule has 1 aromatic heterocycles. The summed E-state index contributed by atoms with van der Waals surface area (Å²) in [5.41, 5.74) is 5.79. The number of hydrogen-bond acceptors (Lipinski definition) is 7. The number of anilines is 2. The van der Waals surface area contributed by atoms with E-state index in [2.05, 4.69) is 10.6 Å². The van der Waals surface area contributed by atoms with E-state index in [0.717, 1.165) is 17.6 Å². The minimum Gasteiger partial charge on any atom is -0.396 e. The van der Waals surface area contributed by atoms with Gasteiger partial charge in [-0.15, -0.1) is 11.3 Å². The molecule has 4 N–H and O–H groups in total. The number of ether oxygens (including phenoxy) is 1. The molecule has 1 rings (SSSR count). The van der Waals surface area contributed by atoms with Gasteiger partial charge in [-0.3, -0.25) is 4.79 Å². The van der Waals surface area contributed by atoms with E-state index in [0.29, 0.717) is 24.6 Å². The Balaban J connectivity index is 3.11. The first kappa shape index (κ1) is 16.7. The maximum atomic E-state index is 11.8. The van der Waals surface area contributed by atoms with E-state index >= 15 is 0 Å². The molecule has 1 amide bonds. The summed E-state index contributed by atoms with van der Waals surface area (Å²) in [6.45, 7) is 1.09. The third kappa shape index (κ3) is 3.84. The van der Waals surface area contributed by atoms with Crippen molar-refractivity contribution in [2.24, 2.45) is 0 Å². The summed E-state index contributed by atoms with van der Waals surface area (Å²) in [6, 6.07) is 0. The van der Waals surface area contributed by atoms with Crippen molar-refractivity contribution in [1.82, 2.24) is 5.32 Å². The lowest BCUT2D eigenvalue weighted by Gasteiger charge is -2.06. The Labute approximate surface area is 122 Å². The second-order valence-corrected chi connectivity index (χ2v) is 7.10. The number of methoxy groups -OCH3 is 1. The Bertz CT molecular complexity index is 581. The summed E-state index contributed by atoms with van der Waals surface area (Å²) in [5, 5.41) is 5.82. The number of carbonyl (C=O) groups is 1. The third-order valence-electron chi connectivity index (χ3n) is 2.51. The van der Waals surface area contributed by atoms with Crippen LogP contribution >= 0.6 is 11.3 Å². The maximum Gasteiger partial charge on any atom is 0.263 e. The minimum atomic E-state index is -3.52. The molecule has 1 aromatic rings. The lowest BCUT2D eigenvalue weighted by molar-refractivity contribution is 0.0968. The van der Waals surface area contributed by atoms with E-state index < -0.39 is 15.7 Å². The van der Waals surface area contributed by atoms with Gasteiger partial charge < -0.3 is 21.1 Å². The average Bonchev–Trinajstić information content (AvgIpc) is 2.70. The van der Waals surface area contributed by atoms with Crippen LogP contribution in [0.4, 0.5) is 10.7 Å². The van der Waals surface area contributed by atoms with Crippen molar-refractivity contribution >= 4 is 37.8 Å². The Hall–Kier alpha value is -1.32. The van der Waals surface area contributed by atoms with Crippen LogP contribution in [0.3, 0.4) is 0 Å². The third-order valence-corrected chi connectivity index (χ3v) is 4.97. The van der Waals surface area contributed by atoms with Crippen LogP contribution in [0, 0.1) is 0 Å². The second-order valence-electron chi connectivity index (χ2n) is 4.13. The molecule has 0 bridgehead atoms. The van der Waals surface area contributed by atoms with Gasteiger partial charge in [0.2, 0.25) is 0 Å². The number of nitrogens with one attached hydrogen (secondary N) is 2. The minimum absolute atomic E-state index is 0.00825. The van der Waals surface area contributed by atoms with E-state index in [9.17, 15) is 13.2 Å². The predicted octanol–water partition coefficient (Wildman–Crippen LogP) is 0.542. The summed E-state index contributed by atoms with van der Waals surface area (Å²) in [7, 11) is -0.458. The Kier molecular flexibility index (Phi) is 5.78. The normalized spacial score (nSPS) is 11.3. The standard InChI is InChI=1S/C11H19N3O4S2/c1-13-10(15)8-7(12)9(20(3,16)17)11(19-8)14-5-4-6-18-2/h14H,4-6,12H2,1-3H3,(H,13,15). The molecular formula is C11H19N3O4S2. The zero-order valence-electron chi connectivity index (χ0n) is 11.6. The van der Waals surface area contributed by atoms with Crippen LogP contribution in [0.2, 0.25) is 0 Å². The number of sulfone groups is 1. The van der Waals surface area contributed by atoms with E-state index in [1.54, 1.807) is 7.11 Å². The number of nitrogens with two attached hydrogens (primary N) is 1. The lowest BCUT2D eigenvalue weighted by Crippen LogP contribution is -2.18. The fraction of sp³-hybridized carbons (Fsp3) is 0.545. The topological polar surface area (TPSA) is 111 Å². The van der Waals surface area contributed by atoms with Gasteiger partial charge in [0, 0.05) is 33.6 Å². The highest BCUT2D eigenvalue weighted by atomic mass is 32.2. The summed E-state index contributed by atoms with van der Waals surface area (Å²) < 4.78 is 28.6. The Morgan fingerprint density at radius 3 is 2.60 bits per heavy atom. The molecule has 7 nitrogen and oxygen atoms in total. The van der Waals surface area contributed by atoms with E-state index in [1.807, 2.05) is 0 Å². The highest BCUT2D eigenvalue weighted by Gasteiger charge is 2.26. The molecule has 0 unspecified atom stereocenters. The largest absolute Gasteiger partial charge is 0.396 e. The van der Waals surface area contributed by atoms with Crippen molar-refractivity contribution in [1.29, 1.82) is 0 Å². The fourth-order valence-electron chi connectivity index (χ4n) is 1.61. The fourth-order valence-corrected chi connectivity index (χ4v) is 4.16. The highest BCUT2D eigenvalue weighted by molar-refractivity contribution is 7.91. The monoisotopic (exact) mass is 321 g/mol. The van der Waals surface area contributed by atoms with Crippen LogP contribution in [0.5, 0.6) is 0 Å². The number of rotatable bonds is 7. The summed E-state index contributed by atoms with van der Waals surface area (Å²) in [4.78, 5) is 11.9. The van der Waals surface area contributed by atoms with Crippen LogP contribution < -0.4 is 16.4 Å². The highest BCUT2D eigenvalue weighted by Crippen LogP contribution is 2.39. The SMILES string of the molecule is CNC(=O)c1sc(NCCCOC)c(S(C)(=O)=O)c1N. The molecule has 0 aliphatic carbocycles. The van der Waals surface area contributed by atoms with Crippen LogP contribution in [-0.2, 0) is 14.6 Å². The quantitative estimate of drug-likeness (QED) is 0.632. The number of hydrogen-bond donors (Lipinski definition) is 3. The van der Waals surface area contributed by atoms with Gasteiger partial charge in [0.05, 0.1) is 5.69 Å². The van der Waals surface area contributed by atoms with Crippen molar-refractivity contribution in [2.75, 3.05) is 44.6 Å². The van der Waals surface area contributed by atoms with Gasteiger partial charge in [-0.1, -0.05) is 0 Å². The number of nitrogen functional groups attached to an aromatic ring is 1. The molecule has 0 aliphatic rings. The predicted molar refractivity (Wildman–Crippen MR) is 80.2 cm³/mol. The number of amides is 1. The zero-order valence-corrected chi connectivity index (χ0v) is 13.3. The van der Waals surface area contributed by atoms with Gasteiger partial charge in [-0.25, -0.2) is 8.42 Å². The summed E-state index contributed by atoms with van der Waals surface area (Å²) in [5.74, 6) is -0.401. The maximum absolute atomic E-state index is 11.8. The van der Waals surface area contributed by atoms with Crippen LogP contribution in [0.15, 0.2) is 4.90 Å². The van der Waals surface area contributed by atoms with Crippen LogP contribution in [-0.4, -0.2) is 47.9 Å². The molecule has 0 aliphatic heterocycles. The Morgan fingerprint density at radius 2 is 2.10 bits per heavy atom. The van der Waals surface area contributed by atoms with Crippen molar-refractivity contribution in [3.8, 4) is 0 Å². The molecule has 0 aromatic carbocycles. The van der Waals surface area contributed by atoms with Crippen molar-refractivity contribution in [2.45, 2.75) is 11.3 Å². The molecule has 9 heteroatoms. The first-order valence-electron chi connectivity index (χ1n) is 5.90. The van der Waals surface area contributed by atoms with E-state index in [1.165, 1.54) is 7.05 Å². The molecule has 114 valence electrons. The van der Waals surface area contributed by atoms with Crippen molar-refractivity contribution in [3.05, 3.63) is 4.88 Å². The van der Waals surface area contributed by atoms with Gasteiger partial charge in [0.1, 0.15) is 14.8 Å². The molecule has 0 atom stereocenters. The van der Waals surface area contributed by atoms with Gasteiger partial charge in [-0.05, 0) is 6.42 Å². The summed E-state index contributed by atoms with van der Waals surface area (Å²) in [6.07, 6.45) is 1.78. The van der Waals surface area contributed by atoms with Gasteiger partial charge in [0.25, 0.3) is 5.91 Å². The van der Waals surface area contributed by atoms with Crippen molar-refractivity contribution < 1.29 is 17.9 Å². The summed E-state index contributed by atoms with van der Waals surface area (Å²) >= 11 is 1.04. The smallest absolute Gasteiger partial charge is 0.263 e. The molecular weight excluding hydrogens is 302 g/mol. The molecule has 20 heavy (non-hydrogen) atoms. The molecule has 0 radical (unpaired) electrons. The van der Waals surface area contributed by atoms with Gasteiger partial charge in [-0.2, -0.15) is 0 Å². The molecule has 0 saturated carbocycles. The van der Waals surface area contributed by atoms with Gasteiger partial charge in [0.15, 0.2) is 9.84 Å². The number of thiophene rings is 1. The first-order chi connectivity index (χ1) is 9.32. The molecule has 0 saturated heterocycles. The molecule has 0 spiro atoms. The van der Waals surface area contributed by atoms with Crippen molar-refractivity contribution in [3.63, 3.8) is 0 Å². The Morgan fingerprint density at radius 1 is 1.45 bits per heavy atom. The zero-order chi connectivity index (χ0) is 15.3.